The van der Waals surface area contributed by atoms with Crippen LogP contribution in [-0.4, -0.2) is 27.8 Å². The molecule has 0 amide bonds. The van der Waals surface area contributed by atoms with E-state index in [1.165, 1.54) is 0 Å². The second kappa shape index (κ2) is 6.28. The fourth-order valence-electron chi connectivity index (χ4n) is 2.34. The number of pyridine rings is 1. The third kappa shape index (κ3) is 3.25. The Morgan fingerprint density at radius 1 is 1.29 bits per heavy atom. The van der Waals surface area contributed by atoms with Crippen LogP contribution in [0.4, 0.5) is 0 Å². The molecule has 3 rings (SSSR count). The van der Waals surface area contributed by atoms with Crippen LogP contribution in [0.25, 0.3) is 10.9 Å². The zero-order valence-electron chi connectivity index (χ0n) is 11.3. The monoisotopic (exact) mass is 346 g/mol. The van der Waals surface area contributed by atoms with Crippen molar-refractivity contribution in [2.75, 3.05) is 6.61 Å². The quantitative estimate of drug-likeness (QED) is 0.745. The Morgan fingerprint density at radius 2 is 2.14 bits per heavy atom. The van der Waals surface area contributed by atoms with Gasteiger partial charge in [-0.25, -0.2) is 0 Å². The summed E-state index contributed by atoms with van der Waals surface area (Å²) in [5, 5.41) is 10.7. The summed E-state index contributed by atoms with van der Waals surface area (Å²) in [7, 11) is 0. The summed E-state index contributed by atoms with van der Waals surface area (Å²) in [6, 6.07) is 9.94. The molecule has 0 fully saturated rings. The Morgan fingerprint density at radius 3 is 2.95 bits per heavy atom. The van der Waals surface area contributed by atoms with Crippen LogP contribution in [0.15, 0.2) is 53.4 Å². The number of aromatic nitrogens is 2. The second-order valence-corrected chi connectivity index (χ2v) is 5.74. The molecule has 4 nitrogen and oxygen atoms in total. The lowest BCUT2D eigenvalue weighted by molar-refractivity contribution is 0.115. The van der Waals surface area contributed by atoms with E-state index in [0.29, 0.717) is 12.2 Å². The minimum absolute atomic E-state index is 0.0496. The smallest absolute Gasteiger partial charge is 0.139 e. The first kappa shape index (κ1) is 14.1. The molecule has 0 bridgehead atoms. The summed E-state index contributed by atoms with van der Waals surface area (Å²) in [5.74, 6) is 0.642. The van der Waals surface area contributed by atoms with Crippen LogP contribution < -0.4 is 4.74 Å². The first-order valence-electron chi connectivity index (χ1n) is 6.69. The molecule has 0 saturated heterocycles. The maximum Gasteiger partial charge on any atom is 0.139 e. The van der Waals surface area contributed by atoms with Crippen molar-refractivity contribution in [2.45, 2.75) is 12.5 Å². The number of fused-ring (bicyclic) bond motifs is 1. The molecule has 2 N–H and O–H groups in total. The van der Waals surface area contributed by atoms with E-state index in [4.69, 9.17) is 4.74 Å². The molecule has 0 aliphatic carbocycles. The zero-order valence-corrected chi connectivity index (χ0v) is 12.9. The standard InChI is InChI=1S/C16H15BrN2O2/c17-12-6-13(9-18-8-12)21-14(10-20)5-11-7-19-16-4-2-1-3-15(11)16/h1-4,6-9,14,19-20H,5,10H2. The molecule has 0 aliphatic heterocycles. The van der Waals surface area contributed by atoms with Crippen LogP contribution in [0.2, 0.25) is 0 Å². The number of aliphatic hydroxyl groups excluding tert-OH is 1. The maximum absolute atomic E-state index is 9.56. The third-order valence-corrected chi connectivity index (χ3v) is 3.74. The Labute approximate surface area is 130 Å². The highest BCUT2D eigenvalue weighted by Crippen LogP contribution is 2.22. The number of H-pyrrole nitrogens is 1. The molecule has 0 saturated carbocycles. The fraction of sp³-hybridized carbons (Fsp3) is 0.188. The van der Waals surface area contributed by atoms with Gasteiger partial charge in [-0.2, -0.15) is 0 Å². The predicted octanol–water partition coefficient (Wildman–Crippen LogP) is 3.31. The van der Waals surface area contributed by atoms with Gasteiger partial charge >= 0.3 is 0 Å². The minimum atomic E-state index is -0.305. The van der Waals surface area contributed by atoms with Gasteiger partial charge in [-0.3, -0.25) is 4.98 Å². The van der Waals surface area contributed by atoms with Crippen molar-refractivity contribution in [2.24, 2.45) is 0 Å². The van der Waals surface area contributed by atoms with E-state index < -0.39 is 0 Å². The van der Waals surface area contributed by atoms with Crippen LogP contribution in [0.1, 0.15) is 5.56 Å². The number of aromatic amines is 1. The van der Waals surface area contributed by atoms with Gasteiger partial charge in [0.15, 0.2) is 0 Å². The molecule has 2 heterocycles. The maximum atomic E-state index is 9.56. The van der Waals surface area contributed by atoms with Gasteiger partial charge in [0, 0.05) is 34.2 Å². The average Bonchev–Trinajstić information content (AvgIpc) is 2.90. The summed E-state index contributed by atoms with van der Waals surface area (Å²) < 4.78 is 6.66. The number of hydrogen-bond donors (Lipinski definition) is 2. The van der Waals surface area contributed by atoms with Crippen molar-refractivity contribution in [3.63, 3.8) is 0 Å². The van der Waals surface area contributed by atoms with E-state index >= 15 is 0 Å². The number of halogens is 1. The van der Waals surface area contributed by atoms with E-state index in [1.54, 1.807) is 12.4 Å². The number of benzene rings is 1. The van der Waals surface area contributed by atoms with E-state index in [0.717, 1.165) is 20.9 Å². The van der Waals surface area contributed by atoms with Crippen LogP contribution in [0, 0.1) is 0 Å². The van der Waals surface area contributed by atoms with Gasteiger partial charge in [-0.15, -0.1) is 0 Å². The molecule has 21 heavy (non-hydrogen) atoms. The second-order valence-electron chi connectivity index (χ2n) is 4.82. The molecule has 2 aromatic heterocycles. The molecule has 5 heteroatoms. The zero-order chi connectivity index (χ0) is 14.7. The van der Waals surface area contributed by atoms with Crippen molar-refractivity contribution in [3.05, 3.63) is 59.0 Å². The summed E-state index contributed by atoms with van der Waals surface area (Å²) in [5.41, 5.74) is 2.22. The van der Waals surface area contributed by atoms with Crippen LogP contribution in [-0.2, 0) is 6.42 Å². The van der Waals surface area contributed by atoms with Crippen molar-refractivity contribution in [1.29, 1.82) is 0 Å². The molecule has 1 unspecified atom stereocenters. The summed E-state index contributed by atoms with van der Waals surface area (Å²) >= 11 is 3.36. The lowest BCUT2D eigenvalue weighted by Gasteiger charge is -2.16. The predicted molar refractivity (Wildman–Crippen MR) is 85.4 cm³/mol. The Hall–Kier alpha value is -1.85. The first-order chi connectivity index (χ1) is 10.3. The highest BCUT2D eigenvalue weighted by molar-refractivity contribution is 9.10. The minimum Gasteiger partial charge on any atom is -0.486 e. The van der Waals surface area contributed by atoms with Gasteiger partial charge in [0.1, 0.15) is 11.9 Å². The van der Waals surface area contributed by atoms with Crippen LogP contribution in [0.3, 0.4) is 0 Å². The molecular formula is C16H15BrN2O2. The van der Waals surface area contributed by atoms with Gasteiger partial charge in [-0.1, -0.05) is 18.2 Å². The van der Waals surface area contributed by atoms with Gasteiger partial charge in [0.2, 0.25) is 0 Å². The number of nitrogens with zero attached hydrogens (tertiary/aromatic N) is 1. The molecule has 0 spiro atoms. The Bertz CT molecular complexity index is 742. The number of para-hydroxylation sites is 1. The van der Waals surface area contributed by atoms with Crippen LogP contribution in [0.5, 0.6) is 5.75 Å². The van der Waals surface area contributed by atoms with Gasteiger partial charge in [0.05, 0.1) is 12.8 Å². The summed E-state index contributed by atoms with van der Waals surface area (Å²) in [6.45, 7) is -0.0496. The van der Waals surface area contributed by atoms with E-state index in [2.05, 4.69) is 32.0 Å². The molecule has 1 atom stereocenters. The number of ether oxygens (including phenoxy) is 1. The average molecular weight is 347 g/mol. The van der Waals surface area contributed by atoms with Gasteiger partial charge in [-0.05, 0) is 33.6 Å². The normalized spacial score (nSPS) is 12.5. The topological polar surface area (TPSA) is 58.1 Å². The molecule has 1 aromatic carbocycles. The van der Waals surface area contributed by atoms with E-state index in [-0.39, 0.29) is 12.7 Å². The van der Waals surface area contributed by atoms with Gasteiger partial charge in [0.25, 0.3) is 0 Å². The number of nitrogens with one attached hydrogen (secondary N) is 1. The molecule has 0 aliphatic rings. The summed E-state index contributed by atoms with van der Waals surface area (Å²) in [4.78, 5) is 7.29. The van der Waals surface area contributed by atoms with Crippen molar-refractivity contribution in [3.8, 4) is 5.75 Å². The van der Waals surface area contributed by atoms with Crippen molar-refractivity contribution >= 4 is 26.8 Å². The Balaban J connectivity index is 1.78. The molecule has 0 radical (unpaired) electrons. The lowest BCUT2D eigenvalue weighted by Crippen LogP contribution is -2.23. The van der Waals surface area contributed by atoms with Gasteiger partial charge < -0.3 is 14.8 Å². The largest absolute Gasteiger partial charge is 0.486 e. The molecule has 108 valence electrons. The van der Waals surface area contributed by atoms with Crippen molar-refractivity contribution in [1.82, 2.24) is 9.97 Å². The lowest BCUT2D eigenvalue weighted by atomic mass is 10.1. The van der Waals surface area contributed by atoms with Crippen molar-refractivity contribution < 1.29 is 9.84 Å². The number of rotatable bonds is 5. The summed E-state index contributed by atoms with van der Waals surface area (Å²) in [6.07, 6.45) is 5.63. The number of aliphatic hydroxyl groups is 1. The fourth-order valence-corrected chi connectivity index (χ4v) is 2.68. The molecular weight excluding hydrogens is 332 g/mol. The third-order valence-electron chi connectivity index (χ3n) is 3.31. The first-order valence-corrected chi connectivity index (χ1v) is 7.48. The number of hydrogen-bond acceptors (Lipinski definition) is 3. The van der Waals surface area contributed by atoms with E-state index in [1.807, 2.05) is 30.5 Å². The SMILES string of the molecule is OCC(Cc1c[nH]c2ccccc12)Oc1cncc(Br)c1. The van der Waals surface area contributed by atoms with E-state index in [9.17, 15) is 5.11 Å². The highest BCUT2D eigenvalue weighted by atomic mass is 79.9. The Kier molecular flexibility index (Phi) is 4.22. The highest BCUT2D eigenvalue weighted by Gasteiger charge is 2.13. The molecule has 3 aromatic rings. The van der Waals surface area contributed by atoms with Crippen LogP contribution >= 0.6 is 15.9 Å².